The van der Waals surface area contributed by atoms with Gasteiger partial charge in [0.25, 0.3) is 0 Å². The topological polar surface area (TPSA) is 137 Å². The van der Waals surface area contributed by atoms with Crippen LogP contribution < -0.4 is 15.8 Å². The second kappa shape index (κ2) is 28.4. The molecule has 1 aromatic heterocycles. The highest BCUT2D eigenvalue weighted by Gasteiger charge is 2.25. The van der Waals surface area contributed by atoms with Crippen molar-refractivity contribution < 1.29 is 23.9 Å². The number of benzene rings is 1. The molecule has 1 aliphatic rings. The molecule has 3 amide bonds. The average Bonchev–Trinajstić information content (AvgIpc) is 3.44. The Kier molecular flexibility index (Phi) is 29.0. The van der Waals surface area contributed by atoms with Gasteiger partial charge in [-0.15, -0.1) is 0 Å². The second-order valence-corrected chi connectivity index (χ2v) is 10.2. The number of halogens is 1. The Morgan fingerprint density at radius 1 is 1.09 bits per heavy atom. The average molecular weight is 640 g/mol. The van der Waals surface area contributed by atoms with Crippen LogP contribution in [0.2, 0.25) is 5.15 Å². The molecule has 11 heteroatoms. The summed E-state index contributed by atoms with van der Waals surface area (Å²) < 4.78 is 10.1. The lowest BCUT2D eigenvalue weighted by Crippen LogP contribution is -2.43. The van der Waals surface area contributed by atoms with Crippen molar-refractivity contribution >= 4 is 30.0 Å². The molecule has 1 saturated heterocycles. The second-order valence-electron chi connectivity index (χ2n) is 9.85. The normalized spacial score (nSPS) is 12.7. The Morgan fingerprint density at radius 3 is 2.05 bits per heavy atom. The largest absolute Gasteiger partial charge is 0.481 e. The van der Waals surface area contributed by atoms with E-state index in [1.807, 2.05) is 65.0 Å². The summed E-state index contributed by atoms with van der Waals surface area (Å²) >= 11 is 5.85. The molecular formula is C33H58ClN5O5. The number of alkyl carbamates (subject to hydrolysis) is 1. The molecule has 44 heavy (non-hydrogen) atoms. The Balaban J connectivity index is -0.000000566. The van der Waals surface area contributed by atoms with Crippen molar-refractivity contribution in [3.63, 3.8) is 0 Å². The Hall–Kier alpha value is -3.40. The minimum absolute atomic E-state index is 0.0131. The van der Waals surface area contributed by atoms with Gasteiger partial charge in [0.2, 0.25) is 18.2 Å². The quantitative estimate of drug-likeness (QED) is 0.244. The van der Waals surface area contributed by atoms with E-state index in [1.54, 1.807) is 38.8 Å². The number of nitrogens with two attached hydrogens (primary N) is 1. The van der Waals surface area contributed by atoms with Crippen LogP contribution in [0.4, 0.5) is 4.79 Å². The molecule has 0 saturated carbocycles. The van der Waals surface area contributed by atoms with Gasteiger partial charge in [0.1, 0.15) is 17.3 Å². The van der Waals surface area contributed by atoms with E-state index in [0.29, 0.717) is 16.9 Å². The highest BCUT2D eigenvalue weighted by Crippen LogP contribution is 2.20. The van der Waals surface area contributed by atoms with E-state index in [9.17, 15) is 9.59 Å². The van der Waals surface area contributed by atoms with Crippen LogP contribution in [0, 0.1) is 0 Å². The van der Waals surface area contributed by atoms with E-state index in [0.717, 1.165) is 24.9 Å². The molecule has 1 aliphatic heterocycles. The van der Waals surface area contributed by atoms with Gasteiger partial charge < -0.3 is 25.4 Å². The lowest BCUT2D eigenvalue weighted by Gasteiger charge is -2.23. The number of aromatic nitrogens is 2. The predicted molar refractivity (Wildman–Crippen MR) is 182 cm³/mol. The van der Waals surface area contributed by atoms with Crippen molar-refractivity contribution in [3.05, 3.63) is 41.6 Å². The maximum Gasteiger partial charge on any atom is 0.408 e. The van der Waals surface area contributed by atoms with E-state index < -0.39 is 11.7 Å². The van der Waals surface area contributed by atoms with Crippen molar-refractivity contribution in [1.82, 2.24) is 20.2 Å². The summed E-state index contributed by atoms with van der Waals surface area (Å²) in [6.45, 7) is 20.6. The number of hydrogen-bond acceptors (Lipinski definition) is 7. The Morgan fingerprint density at radius 2 is 1.64 bits per heavy atom. The molecule has 3 N–H and O–H groups in total. The lowest BCUT2D eigenvalue weighted by atomic mass is 10.2. The van der Waals surface area contributed by atoms with E-state index in [-0.39, 0.29) is 24.9 Å². The highest BCUT2D eigenvalue weighted by atomic mass is 35.5. The summed E-state index contributed by atoms with van der Waals surface area (Å²) in [5.74, 6) is 0.995. The summed E-state index contributed by atoms with van der Waals surface area (Å²) in [6, 6.07) is 11.5. The number of methoxy groups -OCH3 is 1. The van der Waals surface area contributed by atoms with E-state index >= 15 is 0 Å². The number of ether oxygens (including phenoxy) is 2. The number of unbranched alkanes of at least 4 members (excludes halogenated alkanes) is 2. The van der Waals surface area contributed by atoms with E-state index in [2.05, 4.69) is 34.9 Å². The molecule has 0 unspecified atom stereocenters. The van der Waals surface area contributed by atoms with Crippen molar-refractivity contribution in [2.24, 2.45) is 5.73 Å². The van der Waals surface area contributed by atoms with Crippen molar-refractivity contribution in [2.75, 3.05) is 20.2 Å². The van der Waals surface area contributed by atoms with Crippen LogP contribution in [0.15, 0.2) is 36.4 Å². The van der Waals surface area contributed by atoms with Crippen LogP contribution in [-0.2, 0) is 14.3 Å². The molecule has 0 aliphatic carbocycles. The van der Waals surface area contributed by atoms with Gasteiger partial charge >= 0.3 is 6.09 Å². The van der Waals surface area contributed by atoms with Gasteiger partial charge in [-0.25, -0.2) is 9.78 Å². The molecule has 1 atom stereocenters. The molecule has 10 nitrogen and oxygen atoms in total. The number of likely N-dealkylation sites (tertiary alicyclic amines) is 1. The fourth-order valence-electron chi connectivity index (χ4n) is 3.44. The summed E-state index contributed by atoms with van der Waals surface area (Å²) in [5.41, 5.74) is 4.55. The van der Waals surface area contributed by atoms with Gasteiger partial charge in [-0.1, -0.05) is 103 Å². The lowest BCUT2D eigenvalue weighted by molar-refractivity contribution is -0.130. The van der Waals surface area contributed by atoms with E-state index in [4.69, 9.17) is 25.9 Å². The predicted octanol–water partition coefficient (Wildman–Crippen LogP) is 7.68. The molecular weight excluding hydrogens is 582 g/mol. The first-order valence-corrected chi connectivity index (χ1v) is 15.9. The first-order chi connectivity index (χ1) is 20.9. The van der Waals surface area contributed by atoms with Crippen LogP contribution in [0.1, 0.15) is 101 Å². The van der Waals surface area contributed by atoms with Gasteiger partial charge in [0.05, 0.1) is 7.11 Å². The third-order valence-electron chi connectivity index (χ3n) is 5.28. The number of hydrogen-bond donors (Lipinski definition) is 2. The first kappa shape index (κ1) is 45.0. The van der Waals surface area contributed by atoms with Gasteiger partial charge in [-0.2, -0.15) is 4.98 Å². The van der Waals surface area contributed by atoms with Crippen LogP contribution >= 0.6 is 11.6 Å². The molecule has 1 aromatic carbocycles. The minimum Gasteiger partial charge on any atom is -0.481 e. The summed E-state index contributed by atoms with van der Waals surface area (Å²) in [6.07, 6.45) is 5.86. The zero-order valence-corrected chi connectivity index (χ0v) is 29.7. The monoisotopic (exact) mass is 639 g/mol. The molecule has 1 fully saturated rings. The Bertz CT molecular complexity index is 1000. The number of rotatable bonds is 6. The molecule has 252 valence electrons. The first-order valence-electron chi connectivity index (χ1n) is 15.5. The number of carbonyl (C=O) groups excluding carboxylic acids is 3. The van der Waals surface area contributed by atoms with Crippen LogP contribution in [0.3, 0.4) is 0 Å². The molecule has 0 spiro atoms. The third kappa shape index (κ3) is 23.1. The number of amides is 3. The standard InChI is InChI=1S/C12H22N2O3.C11H9ClN2O.C5H12.2C2H6.CH3NO/c1-9-6-5-7-14(9)10(15)8-13-11(16)17-12(2,3)4;1-15-10-7-9(12)13-11(14-10)8-5-3-2-4-6-8;1-3-5-4-2;2*1-2;2-1-3/h9H,5-8H2,1-4H3,(H,13,16);2-7H,1H3;3-5H2,1-2H3;2*1-2H3;1H,(H2,2,3)/t9-;;;;;/m1...../s1. The van der Waals surface area contributed by atoms with Crippen molar-refractivity contribution in [3.8, 4) is 17.3 Å². The summed E-state index contributed by atoms with van der Waals surface area (Å²) in [5, 5.41) is 2.86. The third-order valence-corrected chi connectivity index (χ3v) is 5.47. The maximum atomic E-state index is 11.8. The molecule has 0 bridgehead atoms. The number of primary amides is 1. The van der Waals surface area contributed by atoms with Gasteiger partial charge in [-0.3, -0.25) is 9.59 Å². The van der Waals surface area contributed by atoms with Crippen LogP contribution in [-0.4, -0.2) is 65.1 Å². The molecule has 0 radical (unpaired) electrons. The smallest absolute Gasteiger partial charge is 0.408 e. The molecule has 3 rings (SSSR count). The molecule has 2 heterocycles. The number of nitrogens with one attached hydrogen (secondary N) is 1. The van der Waals surface area contributed by atoms with Gasteiger partial charge in [0, 0.05) is 24.2 Å². The SMILES string of the molecule is CC.CC.CCCCC.COc1cc(Cl)nc(-c2ccccc2)n1.C[C@@H]1CCCN1C(=O)CNC(=O)OC(C)(C)C.NC=O. The van der Waals surface area contributed by atoms with Crippen LogP contribution in [0.5, 0.6) is 5.88 Å². The summed E-state index contributed by atoms with van der Waals surface area (Å²) in [7, 11) is 1.55. The van der Waals surface area contributed by atoms with Gasteiger partial charge in [0.15, 0.2) is 5.82 Å². The zero-order valence-electron chi connectivity index (χ0n) is 28.9. The van der Waals surface area contributed by atoms with E-state index in [1.165, 1.54) is 19.3 Å². The minimum atomic E-state index is -0.544. The fourth-order valence-corrected chi connectivity index (χ4v) is 3.61. The highest BCUT2D eigenvalue weighted by molar-refractivity contribution is 6.29. The zero-order chi connectivity index (χ0) is 34.6. The summed E-state index contributed by atoms with van der Waals surface area (Å²) in [4.78, 5) is 41.9. The number of carbonyl (C=O) groups is 3. The van der Waals surface area contributed by atoms with Crippen molar-refractivity contribution in [1.29, 1.82) is 0 Å². The Labute approximate surface area is 271 Å². The van der Waals surface area contributed by atoms with Gasteiger partial charge in [-0.05, 0) is 40.5 Å². The van der Waals surface area contributed by atoms with Crippen molar-refractivity contribution in [2.45, 2.75) is 113 Å². The maximum absolute atomic E-state index is 11.8. The number of nitrogens with zero attached hydrogens (tertiary/aromatic N) is 3. The molecule has 2 aromatic rings. The van der Waals surface area contributed by atoms with Crippen LogP contribution in [0.25, 0.3) is 11.4 Å². The fraction of sp³-hybridized carbons (Fsp3) is 0.606.